The number of Topliss-reactive ketones (excluding diaryl/α,β-unsaturated/α-hetero) is 1. The highest BCUT2D eigenvalue weighted by Gasteiger charge is 2.15. The van der Waals surface area contributed by atoms with Gasteiger partial charge in [-0.15, -0.1) is 0 Å². The lowest BCUT2D eigenvalue weighted by atomic mass is 10.1. The molecule has 0 spiro atoms. The summed E-state index contributed by atoms with van der Waals surface area (Å²) in [4.78, 5) is 16.1. The largest absolute Gasteiger partial charge is 0.338 e. The minimum Gasteiger partial charge on any atom is -0.338 e. The Morgan fingerprint density at radius 3 is 2.69 bits per heavy atom. The predicted molar refractivity (Wildman–Crippen MR) is 59.2 cm³/mol. The molecule has 0 saturated carbocycles. The van der Waals surface area contributed by atoms with Gasteiger partial charge in [0.25, 0.3) is 0 Å². The monoisotopic (exact) mass is 218 g/mol. The summed E-state index contributed by atoms with van der Waals surface area (Å²) in [6.45, 7) is 1.89. The number of aryl methyl sites for hydroxylation is 2. The van der Waals surface area contributed by atoms with Crippen LogP contribution >= 0.6 is 0 Å². The van der Waals surface area contributed by atoms with Crippen LogP contribution in [-0.4, -0.2) is 25.1 Å². The smallest absolute Gasteiger partial charge is 0.173 e. The topological polar surface area (TPSA) is 52.7 Å². The maximum Gasteiger partial charge on any atom is 0.173 e. The molecule has 0 aliphatic carbocycles. The van der Waals surface area contributed by atoms with Gasteiger partial charge in [-0.1, -0.05) is 0 Å². The molecule has 2 aromatic rings. The van der Waals surface area contributed by atoms with Gasteiger partial charge in [-0.2, -0.15) is 5.10 Å². The number of rotatable bonds is 3. The van der Waals surface area contributed by atoms with E-state index in [0.29, 0.717) is 12.0 Å². The highest BCUT2D eigenvalue weighted by Crippen LogP contribution is 2.09. The van der Waals surface area contributed by atoms with Crippen molar-refractivity contribution in [2.75, 3.05) is 0 Å². The quantitative estimate of drug-likeness (QED) is 0.719. The maximum absolute atomic E-state index is 12.0. The summed E-state index contributed by atoms with van der Waals surface area (Å²) in [5.41, 5.74) is 1.56. The fourth-order valence-corrected chi connectivity index (χ4v) is 1.58. The van der Waals surface area contributed by atoms with Gasteiger partial charge in [0.15, 0.2) is 5.78 Å². The molecule has 84 valence electrons. The van der Waals surface area contributed by atoms with Gasteiger partial charge in [-0.3, -0.25) is 9.48 Å². The Morgan fingerprint density at radius 2 is 2.19 bits per heavy atom. The third kappa shape index (κ3) is 1.76. The van der Waals surface area contributed by atoms with Crippen LogP contribution in [0.1, 0.15) is 21.9 Å². The summed E-state index contributed by atoms with van der Waals surface area (Å²) in [6.07, 6.45) is 5.45. The SMILES string of the molecule is Cc1c(C(=O)Cc2nccn2C)cnn1C. The predicted octanol–water partition coefficient (Wildman–Crippen LogP) is 0.887. The van der Waals surface area contributed by atoms with Gasteiger partial charge in [-0.05, 0) is 6.92 Å². The van der Waals surface area contributed by atoms with Crippen LogP contribution < -0.4 is 0 Å². The lowest BCUT2D eigenvalue weighted by Gasteiger charge is -2.01. The molecule has 2 rings (SSSR count). The van der Waals surface area contributed by atoms with E-state index in [1.807, 2.05) is 31.8 Å². The molecule has 0 aromatic carbocycles. The first-order valence-corrected chi connectivity index (χ1v) is 5.07. The van der Waals surface area contributed by atoms with Gasteiger partial charge >= 0.3 is 0 Å². The molecule has 2 heterocycles. The molecule has 0 radical (unpaired) electrons. The van der Waals surface area contributed by atoms with Crippen molar-refractivity contribution >= 4 is 5.78 Å². The Balaban J connectivity index is 2.21. The van der Waals surface area contributed by atoms with Gasteiger partial charge in [0.05, 0.1) is 18.2 Å². The van der Waals surface area contributed by atoms with Crippen molar-refractivity contribution < 1.29 is 4.79 Å². The van der Waals surface area contributed by atoms with Crippen molar-refractivity contribution in [3.05, 3.63) is 35.7 Å². The van der Waals surface area contributed by atoms with Crippen LogP contribution in [0.2, 0.25) is 0 Å². The van der Waals surface area contributed by atoms with Crippen LogP contribution in [0.3, 0.4) is 0 Å². The zero-order valence-corrected chi connectivity index (χ0v) is 9.64. The molecular weight excluding hydrogens is 204 g/mol. The molecule has 0 fully saturated rings. The van der Waals surface area contributed by atoms with Crippen LogP contribution in [0.5, 0.6) is 0 Å². The van der Waals surface area contributed by atoms with Crippen molar-refractivity contribution in [3.8, 4) is 0 Å². The number of ketones is 1. The van der Waals surface area contributed by atoms with Gasteiger partial charge < -0.3 is 4.57 Å². The third-order valence-electron chi connectivity index (χ3n) is 2.78. The average molecular weight is 218 g/mol. The van der Waals surface area contributed by atoms with Crippen LogP contribution in [0.4, 0.5) is 0 Å². The van der Waals surface area contributed by atoms with E-state index in [1.165, 1.54) is 0 Å². The number of hydrogen-bond donors (Lipinski definition) is 0. The first kappa shape index (κ1) is 10.6. The number of carbonyl (C=O) groups excluding carboxylic acids is 1. The molecule has 0 aliphatic heterocycles. The average Bonchev–Trinajstić information content (AvgIpc) is 2.77. The van der Waals surface area contributed by atoms with Crippen molar-refractivity contribution in [1.82, 2.24) is 19.3 Å². The van der Waals surface area contributed by atoms with E-state index in [9.17, 15) is 4.79 Å². The van der Waals surface area contributed by atoms with E-state index >= 15 is 0 Å². The molecule has 0 unspecified atom stereocenters. The van der Waals surface area contributed by atoms with E-state index in [2.05, 4.69) is 10.1 Å². The number of nitrogens with zero attached hydrogens (tertiary/aromatic N) is 4. The van der Waals surface area contributed by atoms with Crippen molar-refractivity contribution in [2.24, 2.45) is 14.1 Å². The number of imidazole rings is 1. The van der Waals surface area contributed by atoms with Crippen molar-refractivity contribution in [2.45, 2.75) is 13.3 Å². The molecule has 0 aliphatic rings. The Morgan fingerprint density at radius 1 is 1.44 bits per heavy atom. The molecule has 0 N–H and O–H groups in total. The third-order valence-corrected chi connectivity index (χ3v) is 2.78. The second kappa shape index (κ2) is 3.92. The zero-order chi connectivity index (χ0) is 11.7. The minimum atomic E-state index is 0.0555. The highest BCUT2D eigenvalue weighted by molar-refractivity contribution is 5.97. The molecule has 2 aromatic heterocycles. The lowest BCUT2D eigenvalue weighted by molar-refractivity contribution is 0.0989. The lowest BCUT2D eigenvalue weighted by Crippen LogP contribution is -2.09. The number of hydrogen-bond acceptors (Lipinski definition) is 3. The minimum absolute atomic E-state index is 0.0555. The van der Waals surface area contributed by atoms with Crippen LogP contribution in [0.25, 0.3) is 0 Å². The second-order valence-corrected chi connectivity index (χ2v) is 3.82. The molecule has 0 amide bonds. The Labute approximate surface area is 93.7 Å². The highest BCUT2D eigenvalue weighted by atomic mass is 16.1. The van der Waals surface area contributed by atoms with Crippen LogP contribution in [0, 0.1) is 6.92 Å². The van der Waals surface area contributed by atoms with E-state index in [4.69, 9.17) is 0 Å². The molecule has 0 saturated heterocycles. The Hall–Kier alpha value is -1.91. The van der Waals surface area contributed by atoms with Crippen molar-refractivity contribution in [3.63, 3.8) is 0 Å². The molecule has 16 heavy (non-hydrogen) atoms. The van der Waals surface area contributed by atoms with Gasteiger partial charge in [-0.25, -0.2) is 4.98 Å². The normalized spacial score (nSPS) is 10.7. The second-order valence-electron chi connectivity index (χ2n) is 3.82. The molecule has 0 atom stereocenters. The fraction of sp³-hybridized carbons (Fsp3) is 0.364. The van der Waals surface area contributed by atoms with Gasteiger partial charge in [0.2, 0.25) is 0 Å². The van der Waals surface area contributed by atoms with Gasteiger partial charge in [0, 0.05) is 32.2 Å². The molecule has 5 nitrogen and oxygen atoms in total. The molecule has 0 bridgehead atoms. The summed E-state index contributed by atoms with van der Waals surface area (Å²) in [5, 5.41) is 4.06. The fourth-order valence-electron chi connectivity index (χ4n) is 1.58. The summed E-state index contributed by atoms with van der Waals surface area (Å²) in [7, 11) is 3.71. The number of aromatic nitrogens is 4. The summed E-state index contributed by atoms with van der Waals surface area (Å²) >= 11 is 0. The van der Waals surface area contributed by atoms with Gasteiger partial charge in [0.1, 0.15) is 5.82 Å². The maximum atomic E-state index is 12.0. The summed E-state index contributed by atoms with van der Waals surface area (Å²) in [6, 6.07) is 0. The first-order valence-electron chi connectivity index (χ1n) is 5.07. The van der Waals surface area contributed by atoms with E-state index < -0.39 is 0 Å². The first-order chi connectivity index (χ1) is 7.59. The molecular formula is C11H14N4O. The Kier molecular flexibility index (Phi) is 2.60. The van der Waals surface area contributed by atoms with E-state index in [0.717, 1.165) is 11.5 Å². The van der Waals surface area contributed by atoms with Crippen molar-refractivity contribution in [1.29, 1.82) is 0 Å². The van der Waals surface area contributed by atoms with Crippen LogP contribution in [0.15, 0.2) is 18.6 Å². The zero-order valence-electron chi connectivity index (χ0n) is 9.64. The number of carbonyl (C=O) groups is 1. The van der Waals surface area contributed by atoms with Crippen LogP contribution in [-0.2, 0) is 20.5 Å². The van der Waals surface area contributed by atoms with E-state index in [-0.39, 0.29) is 5.78 Å². The summed E-state index contributed by atoms with van der Waals surface area (Å²) in [5.74, 6) is 0.827. The standard InChI is InChI=1S/C11H14N4O/c1-8-9(7-13-15(8)3)10(16)6-11-12-4-5-14(11)2/h4-5,7H,6H2,1-3H3. The molecule has 5 heteroatoms. The van der Waals surface area contributed by atoms with E-state index in [1.54, 1.807) is 17.1 Å². The summed E-state index contributed by atoms with van der Waals surface area (Å²) < 4.78 is 3.55. The Bertz CT molecular complexity index is 524.